The van der Waals surface area contributed by atoms with Crippen LogP contribution in [0.2, 0.25) is 0 Å². The minimum absolute atomic E-state index is 0.151. The lowest BCUT2D eigenvalue weighted by molar-refractivity contribution is -0.122. The molecule has 1 aliphatic carbocycles. The van der Waals surface area contributed by atoms with Crippen LogP contribution in [0.1, 0.15) is 78.2 Å². The Kier molecular flexibility index (Phi) is 10.2. The third kappa shape index (κ3) is 7.49. The summed E-state index contributed by atoms with van der Waals surface area (Å²) >= 11 is 8.08. The number of aryl methyl sites for hydroxylation is 1. The smallest absolute Gasteiger partial charge is 0.341 e. The highest BCUT2D eigenvalue weighted by molar-refractivity contribution is 8.26. The molecule has 1 saturated heterocycles. The van der Waals surface area contributed by atoms with E-state index in [-0.39, 0.29) is 24.8 Å². The molecule has 0 unspecified atom stereocenters. The Morgan fingerprint density at radius 2 is 1.87 bits per heavy atom. The first-order valence-electron chi connectivity index (χ1n) is 13.4. The van der Waals surface area contributed by atoms with Gasteiger partial charge in [0.25, 0.3) is 5.91 Å². The second-order valence-electron chi connectivity index (χ2n) is 9.64. The molecule has 0 spiro atoms. The van der Waals surface area contributed by atoms with Gasteiger partial charge in [0.15, 0.2) is 0 Å². The van der Waals surface area contributed by atoms with Gasteiger partial charge in [0.1, 0.15) is 15.1 Å². The standard InChI is InChI=1S/C29H34N2O5S3/c1-4-35-28(34)25-18(2)19(3)38-26(25)30-24(32)11-8-16-31-27(33)23(39-29(31)37)17-20-12-14-22(15-13-20)36-21-9-6-5-7-10-21/h12-15,17,21H,4-11,16H2,1-3H3,(H,30,32)/b23-17-. The molecule has 1 N–H and O–H groups in total. The molecule has 2 fully saturated rings. The van der Waals surface area contributed by atoms with Crippen LogP contribution in [0.3, 0.4) is 0 Å². The number of hydrogen-bond donors (Lipinski definition) is 1. The van der Waals surface area contributed by atoms with Crippen molar-refractivity contribution in [1.29, 1.82) is 0 Å². The van der Waals surface area contributed by atoms with Gasteiger partial charge in [-0.05, 0) is 82.2 Å². The lowest BCUT2D eigenvalue weighted by Crippen LogP contribution is -2.29. The number of anilines is 1. The summed E-state index contributed by atoms with van der Waals surface area (Å²) in [6.45, 7) is 6.10. The van der Waals surface area contributed by atoms with E-state index in [0.717, 1.165) is 34.6 Å². The Morgan fingerprint density at radius 1 is 1.15 bits per heavy atom. The van der Waals surface area contributed by atoms with Crippen LogP contribution >= 0.6 is 35.3 Å². The average Bonchev–Trinajstić information content (AvgIpc) is 3.34. The van der Waals surface area contributed by atoms with E-state index in [1.54, 1.807) is 11.8 Å². The second kappa shape index (κ2) is 13.6. The predicted octanol–water partition coefficient (Wildman–Crippen LogP) is 6.87. The first-order valence-corrected chi connectivity index (χ1v) is 15.4. The normalized spacial score (nSPS) is 17.1. The van der Waals surface area contributed by atoms with Crippen molar-refractivity contribution in [3.05, 3.63) is 50.7 Å². The van der Waals surface area contributed by atoms with E-state index in [9.17, 15) is 14.4 Å². The van der Waals surface area contributed by atoms with Gasteiger partial charge in [-0.3, -0.25) is 14.5 Å². The molecule has 0 radical (unpaired) electrons. The molecule has 39 heavy (non-hydrogen) atoms. The molecule has 2 aromatic rings. The van der Waals surface area contributed by atoms with Crippen molar-refractivity contribution in [1.82, 2.24) is 4.90 Å². The molecule has 0 atom stereocenters. The van der Waals surface area contributed by atoms with E-state index in [4.69, 9.17) is 21.7 Å². The molecule has 10 heteroatoms. The highest BCUT2D eigenvalue weighted by Crippen LogP contribution is 2.35. The number of amides is 2. The molecular formula is C29H34N2O5S3. The molecule has 0 bridgehead atoms. The molecule has 1 aliphatic heterocycles. The molecule has 2 heterocycles. The fraction of sp³-hybridized carbons (Fsp3) is 0.448. The van der Waals surface area contributed by atoms with E-state index in [0.29, 0.717) is 38.9 Å². The molecule has 1 aromatic heterocycles. The number of carbonyl (C=O) groups is 3. The monoisotopic (exact) mass is 586 g/mol. The number of benzene rings is 1. The summed E-state index contributed by atoms with van der Waals surface area (Å²) in [4.78, 5) is 41.1. The zero-order valence-corrected chi connectivity index (χ0v) is 25.0. The van der Waals surface area contributed by atoms with Gasteiger partial charge in [-0.15, -0.1) is 11.3 Å². The van der Waals surface area contributed by atoms with Crippen molar-refractivity contribution in [2.24, 2.45) is 0 Å². The Balaban J connectivity index is 1.29. The maximum atomic E-state index is 13.0. The van der Waals surface area contributed by atoms with Gasteiger partial charge in [0, 0.05) is 17.8 Å². The summed E-state index contributed by atoms with van der Waals surface area (Å²) < 4.78 is 11.7. The molecule has 7 nitrogen and oxygen atoms in total. The number of hydrogen-bond acceptors (Lipinski definition) is 8. The van der Waals surface area contributed by atoms with Gasteiger partial charge in [-0.1, -0.05) is 42.5 Å². The van der Waals surface area contributed by atoms with Crippen molar-refractivity contribution in [3.8, 4) is 5.75 Å². The molecular weight excluding hydrogens is 553 g/mol. The Bertz CT molecular complexity index is 1260. The van der Waals surface area contributed by atoms with E-state index >= 15 is 0 Å². The number of thiophene rings is 1. The SMILES string of the molecule is CCOC(=O)c1c(NC(=O)CCCN2C(=O)/C(=C/c3ccc(OC4CCCCC4)cc3)SC2=S)sc(C)c1C. The van der Waals surface area contributed by atoms with Crippen LogP contribution in [-0.4, -0.2) is 46.3 Å². The molecule has 2 amide bonds. The summed E-state index contributed by atoms with van der Waals surface area (Å²) in [6.07, 6.45) is 8.71. The van der Waals surface area contributed by atoms with E-state index in [1.165, 1.54) is 42.4 Å². The summed E-state index contributed by atoms with van der Waals surface area (Å²) in [5.74, 6) is 0.0397. The number of nitrogens with one attached hydrogen (secondary N) is 1. The van der Waals surface area contributed by atoms with Crippen LogP contribution in [0.4, 0.5) is 5.00 Å². The van der Waals surface area contributed by atoms with Crippen LogP contribution in [0.15, 0.2) is 29.2 Å². The number of thiocarbonyl (C=S) groups is 1. The second-order valence-corrected chi connectivity index (χ2v) is 12.5. The van der Waals surface area contributed by atoms with Crippen LogP contribution in [-0.2, 0) is 14.3 Å². The van der Waals surface area contributed by atoms with Gasteiger partial charge in [-0.2, -0.15) is 0 Å². The lowest BCUT2D eigenvalue weighted by Gasteiger charge is -2.22. The van der Waals surface area contributed by atoms with Gasteiger partial charge < -0.3 is 14.8 Å². The van der Waals surface area contributed by atoms with Crippen LogP contribution in [0.5, 0.6) is 5.75 Å². The highest BCUT2D eigenvalue weighted by atomic mass is 32.2. The molecule has 1 aromatic carbocycles. The largest absolute Gasteiger partial charge is 0.490 e. The molecule has 1 saturated carbocycles. The van der Waals surface area contributed by atoms with Crippen LogP contribution < -0.4 is 10.1 Å². The number of nitrogens with zero attached hydrogens (tertiary/aromatic N) is 1. The van der Waals surface area contributed by atoms with E-state index < -0.39 is 5.97 Å². The van der Waals surface area contributed by atoms with E-state index in [2.05, 4.69) is 5.32 Å². The molecule has 2 aliphatic rings. The minimum atomic E-state index is -0.439. The van der Waals surface area contributed by atoms with Crippen molar-refractivity contribution < 1.29 is 23.9 Å². The van der Waals surface area contributed by atoms with Crippen LogP contribution in [0.25, 0.3) is 6.08 Å². The third-order valence-corrected chi connectivity index (χ3v) is 9.31. The fourth-order valence-electron chi connectivity index (χ4n) is 4.61. The van der Waals surface area contributed by atoms with Crippen molar-refractivity contribution >= 4 is 68.5 Å². The zero-order chi connectivity index (χ0) is 27.9. The Morgan fingerprint density at radius 3 is 2.56 bits per heavy atom. The van der Waals surface area contributed by atoms with Gasteiger partial charge in [-0.25, -0.2) is 4.79 Å². The number of carbonyl (C=O) groups excluding carboxylic acids is 3. The van der Waals surface area contributed by atoms with Gasteiger partial charge in [0.2, 0.25) is 5.91 Å². The van der Waals surface area contributed by atoms with Crippen molar-refractivity contribution in [2.45, 2.75) is 71.8 Å². The maximum absolute atomic E-state index is 13.0. The van der Waals surface area contributed by atoms with Gasteiger partial charge in [0.05, 0.1) is 23.2 Å². The van der Waals surface area contributed by atoms with Crippen molar-refractivity contribution in [2.75, 3.05) is 18.5 Å². The highest BCUT2D eigenvalue weighted by Gasteiger charge is 2.31. The lowest BCUT2D eigenvalue weighted by atomic mass is 9.98. The molecule has 208 valence electrons. The number of ether oxygens (including phenoxy) is 2. The summed E-state index contributed by atoms with van der Waals surface area (Å²) in [6, 6.07) is 7.80. The zero-order valence-electron chi connectivity index (χ0n) is 22.5. The Hall–Kier alpha value is -2.69. The summed E-state index contributed by atoms with van der Waals surface area (Å²) in [5.41, 5.74) is 2.12. The first-order chi connectivity index (χ1) is 18.8. The first kappa shape index (κ1) is 29.3. The summed E-state index contributed by atoms with van der Waals surface area (Å²) in [7, 11) is 0. The summed E-state index contributed by atoms with van der Waals surface area (Å²) in [5, 5.41) is 3.34. The quantitative estimate of drug-likeness (QED) is 0.185. The van der Waals surface area contributed by atoms with Gasteiger partial charge >= 0.3 is 5.97 Å². The molecule has 4 rings (SSSR count). The fourth-order valence-corrected chi connectivity index (χ4v) is 6.99. The predicted molar refractivity (Wildman–Crippen MR) is 161 cm³/mol. The Labute approximate surface area is 243 Å². The number of thioether (sulfide) groups is 1. The topological polar surface area (TPSA) is 84.9 Å². The average molecular weight is 587 g/mol. The van der Waals surface area contributed by atoms with E-state index in [1.807, 2.05) is 44.2 Å². The van der Waals surface area contributed by atoms with Crippen LogP contribution in [0, 0.1) is 13.8 Å². The van der Waals surface area contributed by atoms with Crippen molar-refractivity contribution in [3.63, 3.8) is 0 Å². The maximum Gasteiger partial charge on any atom is 0.341 e. The number of rotatable bonds is 10. The number of esters is 1. The third-order valence-electron chi connectivity index (χ3n) is 6.81. The minimum Gasteiger partial charge on any atom is -0.490 e.